The van der Waals surface area contributed by atoms with Gasteiger partial charge in [0.05, 0.1) is 18.1 Å². The van der Waals surface area contributed by atoms with Gasteiger partial charge in [0, 0.05) is 25.6 Å². The van der Waals surface area contributed by atoms with E-state index in [1.54, 1.807) is 6.08 Å². The van der Waals surface area contributed by atoms with Crippen LogP contribution in [0.5, 0.6) is 0 Å². The Morgan fingerprint density at radius 1 is 1.25 bits per heavy atom. The molecule has 0 radical (unpaired) electrons. The van der Waals surface area contributed by atoms with E-state index in [9.17, 15) is 14.9 Å². The number of aromatic nitrogens is 1. The summed E-state index contributed by atoms with van der Waals surface area (Å²) in [6, 6.07) is 10.3. The number of allylic oxidation sites excluding steroid dienone is 1. The van der Waals surface area contributed by atoms with Gasteiger partial charge < -0.3 is 25.2 Å². The predicted octanol–water partition coefficient (Wildman–Crippen LogP) is 2.49. The van der Waals surface area contributed by atoms with Gasteiger partial charge >= 0.3 is 0 Å². The number of amides is 1. The first kappa shape index (κ1) is 23.2. The summed E-state index contributed by atoms with van der Waals surface area (Å²) in [4.78, 5) is 26.5. The Kier molecular flexibility index (Phi) is 8.12. The highest BCUT2D eigenvalue weighted by molar-refractivity contribution is 5.91. The van der Waals surface area contributed by atoms with Crippen molar-refractivity contribution < 1.29 is 24.3 Å². The lowest BCUT2D eigenvalue weighted by atomic mass is 10.0. The zero-order chi connectivity index (χ0) is 22.9. The molecule has 1 aromatic carbocycles. The third-order valence-corrected chi connectivity index (χ3v) is 4.80. The molecule has 0 aliphatic carbocycles. The Hall–Kier alpha value is -3.50. The molecular weight excluding hydrogens is 416 g/mol. The van der Waals surface area contributed by atoms with Gasteiger partial charge in [-0.25, -0.2) is 4.98 Å². The minimum Gasteiger partial charge on any atom is -0.459 e. The average molecular weight is 442 g/mol. The van der Waals surface area contributed by atoms with Gasteiger partial charge in [0.15, 0.2) is 5.76 Å². The molecule has 2 atom stereocenters. The molecule has 3 rings (SSSR count). The Morgan fingerprint density at radius 2 is 2.00 bits per heavy atom. The zero-order valence-electron chi connectivity index (χ0n) is 17.7. The highest BCUT2D eigenvalue weighted by Crippen LogP contribution is 2.24. The number of nitrogens with one attached hydrogen (secondary N) is 2. The summed E-state index contributed by atoms with van der Waals surface area (Å²) in [5.74, 6) is 0.481. The number of carbonyl (C=O) groups is 1. The molecule has 2 aromatic rings. The van der Waals surface area contributed by atoms with Gasteiger partial charge in [-0.05, 0) is 29.2 Å². The van der Waals surface area contributed by atoms with Gasteiger partial charge in [0.25, 0.3) is 11.6 Å². The van der Waals surface area contributed by atoms with Crippen LogP contribution in [0.3, 0.4) is 0 Å². The predicted molar refractivity (Wildman–Crippen MR) is 116 cm³/mol. The molecule has 10 nitrogen and oxygen atoms in total. The van der Waals surface area contributed by atoms with Crippen LogP contribution in [-0.2, 0) is 27.5 Å². The van der Waals surface area contributed by atoms with Gasteiger partial charge in [0.1, 0.15) is 12.0 Å². The summed E-state index contributed by atoms with van der Waals surface area (Å²) in [5, 5.41) is 25.5. The molecule has 32 heavy (non-hydrogen) atoms. The van der Waals surface area contributed by atoms with Crippen LogP contribution in [-0.4, -0.2) is 40.3 Å². The van der Waals surface area contributed by atoms with Crippen LogP contribution in [0.4, 0.5) is 11.5 Å². The van der Waals surface area contributed by atoms with Gasteiger partial charge in [-0.2, -0.15) is 0 Å². The molecule has 1 aliphatic heterocycles. The van der Waals surface area contributed by atoms with E-state index in [0.29, 0.717) is 31.9 Å². The minimum atomic E-state index is -0.532. The fourth-order valence-electron chi connectivity index (χ4n) is 3.07. The number of hydrogen-bond acceptors (Lipinski definition) is 8. The number of ether oxygens (including phenoxy) is 2. The van der Waals surface area contributed by atoms with Crippen molar-refractivity contribution in [3.05, 3.63) is 75.7 Å². The summed E-state index contributed by atoms with van der Waals surface area (Å²) in [6.45, 7) is 3.03. The van der Waals surface area contributed by atoms with E-state index < -0.39 is 11.2 Å². The van der Waals surface area contributed by atoms with Crippen molar-refractivity contribution in [3.63, 3.8) is 0 Å². The Bertz CT molecular complexity index is 946. The van der Waals surface area contributed by atoms with Gasteiger partial charge in [0.2, 0.25) is 6.29 Å². The summed E-state index contributed by atoms with van der Waals surface area (Å²) >= 11 is 0. The van der Waals surface area contributed by atoms with Crippen LogP contribution in [0, 0.1) is 16.0 Å². The number of rotatable bonds is 10. The van der Waals surface area contributed by atoms with Crippen LogP contribution in [0.1, 0.15) is 24.5 Å². The Morgan fingerprint density at radius 3 is 2.66 bits per heavy atom. The summed E-state index contributed by atoms with van der Waals surface area (Å²) in [5.41, 5.74) is 1.69. The lowest BCUT2D eigenvalue weighted by Crippen LogP contribution is -2.35. The molecule has 0 saturated heterocycles. The van der Waals surface area contributed by atoms with E-state index in [2.05, 4.69) is 15.6 Å². The first-order valence-corrected chi connectivity index (χ1v) is 10.3. The number of aliphatic hydroxyl groups excluding tert-OH is 1. The second kappa shape index (κ2) is 11.2. The maximum Gasteiger partial charge on any atom is 0.287 e. The highest BCUT2D eigenvalue weighted by Gasteiger charge is 2.25. The largest absolute Gasteiger partial charge is 0.459 e. The molecule has 0 bridgehead atoms. The van der Waals surface area contributed by atoms with E-state index >= 15 is 0 Å². The number of pyridine rings is 1. The number of anilines is 1. The van der Waals surface area contributed by atoms with E-state index in [1.807, 2.05) is 31.2 Å². The van der Waals surface area contributed by atoms with Gasteiger partial charge in [-0.1, -0.05) is 31.2 Å². The molecule has 1 amide bonds. The quantitative estimate of drug-likeness (QED) is 0.290. The van der Waals surface area contributed by atoms with E-state index in [1.165, 1.54) is 18.3 Å². The van der Waals surface area contributed by atoms with Crippen molar-refractivity contribution in [2.75, 3.05) is 18.4 Å². The molecule has 2 heterocycles. The fraction of sp³-hybridized carbons (Fsp3) is 0.364. The second-order valence-corrected chi connectivity index (χ2v) is 7.42. The molecule has 1 aromatic heterocycles. The topological polar surface area (TPSA) is 136 Å². The van der Waals surface area contributed by atoms with Crippen molar-refractivity contribution in [1.82, 2.24) is 10.3 Å². The van der Waals surface area contributed by atoms with Gasteiger partial charge in [-0.3, -0.25) is 14.9 Å². The van der Waals surface area contributed by atoms with E-state index in [0.717, 1.165) is 11.1 Å². The van der Waals surface area contributed by atoms with Crippen LogP contribution in [0.25, 0.3) is 0 Å². The zero-order valence-corrected chi connectivity index (χ0v) is 17.7. The normalized spacial score (nSPS) is 17.8. The smallest absolute Gasteiger partial charge is 0.287 e. The number of benzene rings is 1. The third-order valence-electron chi connectivity index (χ3n) is 4.80. The molecule has 10 heteroatoms. The van der Waals surface area contributed by atoms with Gasteiger partial charge in [-0.15, -0.1) is 0 Å². The molecule has 1 aliphatic rings. The number of nitro groups is 1. The number of aliphatic hydroxyl groups is 1. The monoisotopic (exact) mass is 442 g/mol. The Balaban J connectivity index is 1.42. The SMILES string of the molecule is C[C@H]1C=C(C(=O)NCCNc2ccc([N+](=O)[O-])cn2)O[C@@H](OCc2ccc(CO)cc2)C1. The number of hydrogen-bond donors (Lipinski definition) is 3. The molecular formula is C22H26N4O6. The first-order chi connectivity index (χ1) is 15.4. The van der Waals surface area contributed by atoms with Crippen LogP contribution in [0.2, 0.25) is 0 Å². The van der Waals surface area contributed by atoms with Crippen LogP contribution >= 0.6 is 0 Å². The van der Waals surface area contributed by atoms with Crippen molar-refractivity contribution in [1.29, 1.82) is 0 Å². The molecule has 0 fully saturated rings. The average Bonchev–Trinajstić information content (AvgIpc) is 2.80. The molecule has 0 unspecified atom stereocenters. The molecule has 3 N–H and O–H groups in total. The van der Waals surface area contributed by atoms with Crippen molar-refractivity contribution in [3.8, 4) is 0 Å². The van der Waals surface area contributed by atoms with Crippen molar-refractivity contribution in [2.24, 2.45) is 5.92 Å². The third kappa shape index (κ3) is 6.76. The van der Waals surface area contributed by atoms with Crippen molar-refractivity contribution in [2.45, 2.75) is 32.8 Å². The van der Waals surface area contributed by atoms with E-state index in [-0.39, 0.29) is 29.9 Å². The lowest BCUT2D eigenvalue weighted by Gasteiger charge is -2.27. The highest BCUT2D eigenvalue weighted by atomic mass is 16.7. The van der Waals surface area contributed by atoms with E-state index in [4.69, 9.17) is 14.6 Å². The molecule has 0 saturated carbocycles. The van der Waals surface area contributed by atoms with Crippen LogP contribution in [0.15, 0.2) is 54.4 Å². The number of carbonyl (C=O) groups excluding carboxylic acids is 1. The second-order valence-electron chi connectivity index (χ2n) is 7.42. The molecule has 0 spiro atoms. The lowest BCUT2D eigenvalue weighted by molar-refractivity contribution is -0.385. The first-order valence-electron chi connectivity index (χ1n) is 10.3. The maximum atomic E-state index is 12.5. The fourth-order valence-corrected chi connectivity index (χ4v) is 3.07. The van der Waals surface area contributed by atoms with Crippen molar-refractivity contribution >= 4 is 17.4 Å². The summed E-state index contributed by atoms with van der Waals surface area (Å²) < 4.78 is 11.6. The summed E-state index contributed by atoms with van der Waals surface area (Å²) in [6.07, 6.45) is 3.05. The Labute approximate surface area is 185 Å². The standard InChI is InChI=1S/C22H26N4O6/c1-15-10-19(32-21(11-15)31-14-17-4-2-16(13-27)3-5-17)22(28)24-9-8-23-20-7-6-18(12-25-20)26(29)30/h2-7,10,12,15,21,27H,8-9,11,13-14H2,1H3,(H,23,25)(H,24,28)/t15-,21+/m0/s1. The molecule has 170 valence electrons. The maximum absolute atomic E-state index is 12.5. The summed E-state index contributed by atoms with van der Waals surface area (Å²) in [7, 11) is 0. The number of nitrogens with zero attached hydrogens (tertiary/aromatic N) is 2. The van der Waals surface area contributed by atoms with Crippen LogP contribution < -0.4 is 10.6 Å². The minimum absolute atomic E-state index is 0.00639.